The van der Waals surface area contributed by atoms with Gasteiger partial charge in [-0.3, -0.25) is 19.7 Å². The number of carbonyl (C=O) groups excluding carboxylic acids is 1. The number of nitro groups is 1. The van der Waals surface area contributed by atoms with Crippen LogP contribution in [0.5, 0.6) is 0 Å². The number of ketones is 1. The highest BCUT2D eigenvalue weighted by Gasteiger charge is 2.10. The van der Waals surface area contributed by atoms with Gasteiger partial charge >= 0.3 is 0 Å². The standard InChI is InChI=1S/C13H9BrN2O4/c14-10-3-6-13(18)15(7-10)8-12(17)9-1-4-11(5-2-9)16(19)20/h1-7H,8H2. The maximum Gasteiger partial charge on any atom is 0.269 e. The van der Waals surface area contributed by atoms with Gasteiger partial charge in [0.05, 0.1) is 11.5 Å². The van der Waals surface area contributed by atoms with Crippen molar-refractivity contribution >= 4 is 27.4 Å². The molecular formula is C13H9BrN2O4. The predicted molar refractivity (Wildman–Crippen MR) is 75.8 cm³/mol. The van der Waals surface area contributed by atoms with Crippen LogP contribution in [0.4, 0.5) is 5.69 Å². The number of Topliss-reactive ketones (excluding diaryl/α,β-unsaturated/α-hetero) is 1. The molecule has 0 fully saturated rings. The maximum atomic E-state index is 12.0. The highest BCUT2D eigenvalue weighted by Crippen LogP contribution is 2.13. The van der Waals surface area contributed by atoms with E-state index in [0.29, 0.717) is 10.0 Å². The largest absolute Gasteiger partial charge is 0.307 e. The Morgan fingerprint density at radius 3 is 2.45 bits per heavy atom. The van der Waals surface area contributed by atoms with Crippen LogP contribution < -0.4 is 5.56 Å². The van der Waals surface area contributed by atoms with Crippen LogP contribution in [-0.4, -0.2) is 15.3 Å². The summed E-state index contributed by atoms with van der Waals surface area (Å²) >= 11 is 3.22. The fourth-order valence-corrected chi connectivity index (χ4v) is 2.02. The fraction of sp³-hybridized carbons (Fsp3) is 0.0769. The Morgan fingerprint density at radius 1 is 1.20 bits per heavy atom. The molecule has 20 heavy (non-hydrogen) atoms. The molecule has 0 unspecified atom stereocenters. The number of nitro benzene ring substituents is 1. The normalized spacial score (nSPS) is 10.2. The maximum absolute atomic E-state index is 12.0. The monoisotopic (exact) mass is 336 g/mol. The van der Waals surface area contributed by atoms with Crippen LogP contribution in [0.3, 0.4) is 0 Å². The third kappa shape index (κ3) is 3.18. The number of carbonyl (C=O) groups is 1. The van der Waals surface area contributed by atoms with Crippen molar-refractivity contribution in [2.45, 2.75) is 6.54 Å². The number of hydrogen-bond acceptors (Lipinski definition) is 4. The topological polar surface area (TPSA) is 82.2 Å². The molecule has 2 rings (SSSR count). The van der Waals surface area contributed by atoms with Crippen molar-refractivity contribution in [2.75, 3.05) is 0 Å². The van der Waals surface area contributed by atoms with Crippen LogP contribution in [0.2, 0.25) is 0 Å². The lowest BCUT2D eigenvalue weighted by Crippen LogP contribution is -2.22. The molecule has 0 N–H and O–H groups in total. The second-order valence-electron chi connectivity index (χ2n) is 4.04. The van der Waals surface area contributed by atoms with Gasteiger partial charge in [0.15, 0.2) is 5.78 Å². The summed E-state index contributed by atoms with van der Waals surface area (Å²) in [6, 6.07) is 8.23. The van der Waals surface area contributed by atoms with Crippen molar-refractivity contribution in [2.24, 2.45) is 0 Å². The van der Waals surface area contributed by atoms with Gasteiger partial charge in [-0.2, -0.15) is 0 Å². The first kappa shape index (κ1) is 14.1. The van der Waals surface area contributed by atoms with Crippen molar-refractivity contribution in [3.8, 4) is 0 Å². The van der Waals surface area contributed by atoms with Crippen LogP contribution in [-0.2, 0) is 6.54 Å². The number of pyridine rings is 1. The van der Waals surface area contributed by atoms with Crippen molar-refractivity contribution in [1.29, 1.82) is 0 Å². The molecule has 7 heteroatoms. The highest BCUT2D eigenvalue weighted by atomic mass is 79.9. The van der Waals surface area contributed by atoms with Crippen molar-refractivity contribution < 1.29 is 9.72 Å². The molecular weight excluding hydrogens is 328 g/mol. The Hall–Kier alpha value is -2.28. The van der Waals surface area contributed by atoms with E-state index in [0.717, 1.165) is 0 Å². The van der Waals surface area contributed by atoms with E-state index in [4.69, 9.17) is 0 Å². The molecule has 0 amide bonds. The van der Waals surface area contributed by atoms with Gasteiger partial charge in [0.2, 0.25) is 0 Å². The zero-order valence-corrected chi connectivity index (χ0v) is 11.7. The van der Waals surface area contributed by atoms with E-state index in [2.05, 4.69) is 15.9 Å². The van der Waals surface area contributed by atoms with Gasteiger partial charge in [-0.25, -0.2) is 0 Å². The number of benzene rings is 1. The minimum Gasteiger partial charge on any atom is -0.307 e. The molecule has 0 spiro atoms. The molecule has 1 aromatic carbocycles. The lowest BCUT2D eigenvalue weighted by atomic mass is 10.1. The first-order chi connectivity index (χ1) is 9.47. The Bertz CT molecular complexity index is 722. The molecule has 2 aromatic rings. The lowest BCUT2D eigenvalue weighted by molar-refractivity contribution is -0.384. The summed E-state index contributed by atoms with van der Waals surface area (Å²) in [6.45, 7) is -0.115. The van der Waals surface area contributed by atoms with Crippen molar-refractivity contribution in [3.05, 3.63) is 73.1 Å². The third-order valence-corrected chi connectivity index (χ3v) is 3.13. The minimum atomic E-state index is -0.535. The van der Waals surface area contributed by atoms with E-state index in [1.807, 2.05) is 0 Å². The summed E-state index contributed by atoms with van der Waals surface area (Å²) in [7, 11) is 0. The molecule has 1 heterocycles. The molecule has 0 bridgehead atoms. The van der Waals surface area contributed by atoms with Gasteiger partial charge in [-0.15, -0.1) is 0 Å². The number of rotatable bonds is 4. The minimum absolute atomic E-state index is 0.0822. The van der Waals surface area contributed by atoms with Gasteiger partial charge < -0.3 is 4.57 Å². The van der Waals surface area contributed by atoms with Gasteiger partial charge in [0.1, 0.15) is 0 Å². The molecule has 1 aromatic heterocycles. The Labute approximate surface area is 121 Å². The second kappa shape index (κ2) is 5.79. The molecule has 0 aliphatic rings. The van der Waals surface area contributed by atoms with Crippen molar-refractivity contribution in [3.63, 3.8) is 0 Å². The molecule has 6 nitrogen and oxygen atoms in total. The van der Waals surface area contributed by atoms with Gasteiger partial charge in [0, 0.05) is 34.4 Å². The molecule has 0 aliphatic carbocycles. The summed E-state index contributed by atoms with van der Waals surface area (Å²) in [6.07, 6.45) is 1.52. The van der Waals surface area contributed by atoms with Gasteiger partial charge in [0.25, 0.3) is 11.2 Å². The summed E-state index contributed by atoms with van der Waals surface area (Å²) in [5.41, 5.74) is -0.0490. The van der Waals surface area contributed by atoms with E-state index in [1.54, 1.807) is 6.07 Å². The van der Waals surface area contributed by atoms with Crippen molar-refractivity contribution in [1.82, 2.24) is 4.57 Å². The number of non-ortho nitro benzene ring substituents is 1. The zero-order chi connectivity index (χ0) is 14.7. The number of hydrogen-bond donors (Lipinski definition) is 0. The fourth-order valence-electron chi connectivity index (χ4n) is 1.64. The number of aromatic nitrogens is 1. The van der Waals surface area contributed by atoms with Crippen LogP contribution in [0.1, 0.15) is 10.4 Å². The summed E-state index contributed by atoms with van der Waals surface area (Å²) in [5.74, 6) is -0.292. The third-order valence-electron chi connectivity index (χ3n) is 2.66. The quantitative estimate of drug-likeness (QED) is 0.487. The van der Waals surface area contributed by atoms with E-state index in [9.17, 15) is 19.7 Å². The molecule has 0 atom stereocenters. The van der Waals surface area contributed by atoms with E-state index >= 15 is 0 Å². The van der Waals surface area contributed by atoms with Crippen LogP contribution in [0.25, 0.3) is 0 Å². The average molecular weight is 337 g/mol. The molecule has 0 saturated heterocycles. The van der Waals surface area contributed by atoms with Gasteiger partial charge in [-0.05, 0) is 34.1 Å². The lowest BCUT2D eigenvalue weighted by Gasteiger charge is -2.05. The smallest absolute Gasteiger partial charge is 0.269 e. The predicted octanol–water partition coefficient (Wildman–Crippen LogP) is 2.40. The molecule has 0 radical (unpaired) electrons. The Balaban J connectivity index is 2.21. The van der Waals surface area contributed by atoms with E-state index in [1.165, 1.54) is 41.1 Å². The van der Waals surface area contributed by atoms with Crippen LogP contribution >= 0.6 is 15.9 Å². The van der Waals surface area contributed by atoms with E-state index < -0.39 is 4.92 Å². The number of nitrogens with zero attached hydrogens (tertiary/aromatic N) is 2. The Morgan fingerprint density at radius 2 is 1.85 bits per heavy atom. The number of halogens is 1. The highest BCUT2D eigenvalue weighted by molar-refractivity contribution is 9.10. The van der Waals surface area contributed by atoms with Gasteiger partial charge in [-0.1, -0.05) is 0 Å². The molecule has 0 aliphatic heterocycles. The zero-order valence-electron chi connectivity index (χ0n) is 10.2. The SMILES string of the molecule is O=C(Cn1cc(Br)ccc1=O)c1ccc([N+](=O)[O-])cc1. The molecule has 0 saturated carbocycles. The average Bonchev–Trinajstić information content (AvgIpc) is 2.43. The molecule has 102 valence electrons. The summed E-state index contributed by atoms with van der Waals surface area (Å²) in [5, 5.41) is 10.5. The first-order valence-corrected chi connectivity index (χ1v) is 6.40. The summed E-state index contributed by atoms with van der Waals surface area (Å²) < 4.78 is 1.96. The second-order valence-corrected chi connectivity index (χ2v) is 4.96. The van der Waals surface area contributed by atoms with E-state index in [-0.39, 0.29) is 23.6 Å². The van der Waals surface area contributed by atoms with Crippen LogP contribution in [0.15, 0.2) is 51.9 Å². The van der Waals surface area contributed by atoms with Crippen LogP contribution in [0, 0.1) is 10.1 Å². The first-order valence-electron chi connectivity index (χ1n) is 5.61. The summed E-state index contributed by atoms with van der Waals surface area (Å²) in [4.78, 5) is 33.6. The Kier molecular flexibility index (Phi) is 4.09.